The molecule has 1 amide bonds. The Morgan fingerprint density at radius 3 is 2.25 bits per heavy atom. The van der Waals surface area contributed by atoms with Crippen LogP contribution in [0.1, 0.15) is 41.3 Å². The number of rotatable bonds is 12. The van der Waals surface area contributed by atoms with Gasteiger partial charge in [0.2, 0.25) is 0 Å². The van der Waals surface area contributed by atoms with Gasteiger partial charge < -0.3 is 18.9 Å². The van der Waals surface area contributed by atoms with Crippen LogP contribution in [-0.4, -0.2) is 38.9 Å². The predicted molar refractivity (Wildman–Crippen MR) is 137 cm³/mol. The Morgan fingerprint density at radius 2 is 1.58 bits per heavy atom. The maximum atomic E-state index is 12.4. The largest absolute Gasteiger partial charge is 0.493 e. The van der Waals surface area contributed by atoms with E-state index in [1.165, 1.54) is 26.0 Å². The molecule has 0 spiro atoms. The number of nitrogens with zero attached hydrogens (tertiary/aromatic N) is 1. The van der Waals surface area contributed by atoms with Crippen LogP contribution in [-0.2, 0) is 11.2 Å². The van der Waals surface area contributed by atoms with E-state index in [1.54, 1.807) is 42.5 Å². The number of ether oxygens (including phenoxy) is 4. The van der Waals surface area contributed by atoms with Gasteiger partial charge >= 0.3 is 5.97 Å². The molecule has 3 aromatic carbocycles. The second kappa shape index (κ2) is 13.5. The smallest absolute Gasteiger partial charge is 0.343 e. The van der Waals surface area contributed by atoms with Gasteiger partial charge in [-0.2, -0.15) is 5.10 Å². The molecule has 3 rings (SSSR count). The fourth-order valence-corrected chi connectivity index (χ4v) is 3.24. The van der Waals surface area contributed by atoms with Gasteiger partial charge in [0.25, 0.3) is 5.91 Å². The summed E-state index contributed by atoms with van der Waals surface area (Å²) in [6, 6.07) is 19.2. The molecule has 0 radical (unpaired) electrons. The van der Waals surface area contributed by atoms with Gasteiger partial charge in [-0.05, 0) is 78.6 Å². The number of unbranched alkanes of at least 4 members (excludes halogenated alkanes) is 1. The van der Waals surface area contributed by atoms with Crippen LogP contribution in [0.25, 0.3) is 0 Å². The molecule has 1 N–H and O–H groups in total. The van der Waals surface area contributed by atoms with Crippen LogP contribution in [0.2, 0.25) is 0 Å². The summed E-state index contributed by atoms with van der Waals surface area (Å²) in [4.78, 5) is 24.4. The van der Waals surface area contributed by atoms with Gasteiger partial charge in [0, 0.05) is 0 Å². The minimum Gasteiger partial charge on any atom is -0.493 e. The van der Waals surface area contributed by atoms with Crippen LogP contribution < -0.4 is 24.4 Å². The maximum Gasteiger partial charge on any atom is 0.343 e. The number of methoxy groups -OCH3 is 2. The van der Waals surface area contributed by atoms with Crippen molar-refractivity contribution in [3.8, 4) is 23.0 Å². The highest BCUT2D eigenvalue weighted by atomic mass is 16.5. The van der Waals surface area contributed by atoms with Gasteiger partial charge in [0.15, 0.2) is 18.1 Å². The second-order valence-electron chi connectivity index (χ2n) is 7.86. The first-order valence-electron chi connectivity index (χ1n) is 11.6. The van der Waals surface area contributed by atoms with Crippen LogP contribution in [0.4, 0.5) is 0 Å². The average Bonchev–Trinajstić information content (AvgIpc) is 2.91. The Hall–Kier alpha value is -4.33. The van der Waals surface area contributed by atoms with Crippen LogP contribution in [0.15, 0.2) is 71.8 Å². The van der Waals surface area contributed by atoms with Crippen LogP contribution in [0.5, 0.6) is 23.0 Å². The predicted octanol–water partition coefficient (Wildman–Crippen LogP) is 4.79. The summed E-state index contributed by atoms with van der Waals surface area (Å²) < 4.78 is 21.3. The van der Waals surface area contributed by atoms with Gasteiger partial charge in [0.1, 0.15) is 11.5 Å². The lowest BCUT2D eigenvalue weighted by Gasteiger charge is -2.09. The average molecular weight is 491 g/mol. The lowest BCUT2D eigenvalue weighted by Crippen LogP contribution is -2.24. The van der Waals surface area contributed by atoms with Crippen molar-refractivity contribution in [2.45, 2.75) is 26.2 Å². The summed E-state index contributed by atoms with van der Waals surface area (Å²) in [5, 5.41) is 3.94. The molecule has 8 heteroatoms. The first-order chi connectivity index (χ1) is 17.5. The third-order valence-corrected chi connectivity index (χ3v) is 5.23. The van der Waals surface area contributed by atoms with E-state index in [9.17, 15) is 9.59 Å². The second-order valence-corrected chi connectivity index (χ2v) is 7.86. The molecular weight excluding hydrogens is 460 g/mol. The number of hydrazone groups is 1. The van der Waals surface area contributed by atoms with E-state index in [0.717, 1.165) is 19.3 Å². The molecular formula is C28H30N2O6. The van der Waals surface area contributed by atoms with Crippen molar-refractivity contribution < 1.29 is 28.5 Å². The number of aryl methyl sites for hydroxylation is 1. The number of benzene rings is 3. The number of carbonyl (C=O) groups is 2. The van der Waals surface area contributed by atoms with Gasteiger partial charge in [-0.3, -0.25) is 4.79 Å². The summed E-state index contributed by atoms with van der Waals surface area (Å²) in [5.74, 6) is 1.05. The van der Waals surface area contributed by atoms with Crippen molar-refractivity contribution in [3.63, 3.8) is 0 Å². The molecule has 0 aliphatic carbocycles. The molecule has 0 aliphatic rings. The fourth-order valence-electron chi connectivity index (χ4n) is 3.24. The van der Waals surface area contributed by atoms with Crippen LogP contribution >= 0.6 is 0 Å². The normalized spacial score (nSPS) is 10.6. The number of amides is 1. The van der Waals surface area contributed by atoms with Crippen LogP contribution in [0, 0.1) is 0 Å². The molecule has 0 atom stereocenters. The summed E-state index contributed by atoms with van der Waals surface area (Å²) in [6.45, 7) is 2.02. The van der Waals surface area contributed by atoms with E-state index in [-0.39, 0.29) is 12.5 Å². The number of nitrogens with one attached hydrogen (secondary N) is 1. The first-order valence-corrected chi connectivity index (χ1v) is 11.6. The highest BCUT2D eigenvalue weighted by molar-refractivity contribution is 5.92. The van der Waals surface area contributed by atoms with E-state index in [0.29, 0.717) is 34.1 Å². The molecule has 0 aliphatic heterocycles. The lowest BCUT2D eigenvalue weighted by molar-refractivity contribution is -0.123. The Labute approximate surface area is 210 Å². The van der Waals surface area contributed by atoms with E-state index in [2.05, 4.69) is 17.5 Å². The zero-order chi connectivity index (χ0) is 25.8. The molecule has 0 saturated heterocycles. The van der Waals surface area contributed by atoms with Gasteiger partial charge in [0.05, 0.1) is 26.0 Å². The van der Waals surface area contributed by atoms with Crippen molar-refractivity contribution >= 4 is 18.1 Å². The maximum absolute atomic E-state index is 12.4. The summed E-state index contributed by atoms with van der Waals surface area (Å²) in [7, 11) is 3.02. The standard InChI is InChI=1S/C28H30N2O6/c1-4-5-6-20-7-12-23(13-8-20)35-19-27(31)30-29-18-21-9-14-24(15-10-21)36-28(32)22-11-16-25(33-2)26(17-22)34-3/h7-18H,4-6,19H2,1-3H3,(H,30,31)/b29-18+. The molecule has 36 heavy (non-hydrogen) atoms. The highest BCUT2D eigenvalue weighted by Gasteiger charge is 2.13. The molecule has 0 bridgehead atoms. The van der Waals surface area contributed by atoms with Crippen molar-refractivity contribution in [2.75, 3.05) is 20.8 Å². The lowest BCUT2D eigenvalue weighted by atomic mass is 10.1. The summed E-state index contributed by atoms with van der Waals surface area (Å²) in [5.41, 5.74) is 4.72. The van der Waals surface area contributed by atoms with E-state index in [1.807, 2.05) is 24.3 Å². The van der Waals surface area contributed by atoms with Crippen LogP contribution in [0.3, 0.4) is 0 Å². The Kier molecular flexibility index (Phi) is 9.88. The number of carbonyl (C=O) groups excluding carboxylic acids is 2. The number of hydrogen-bond donors (Lipinski definition) is 1. The molecule has 0 aromatic heterocycles. The molecule has 188 valence electrons. The van der Waals surface area contributed by atoms with Gasteiger partial charge in [-0.1, -0.05) is 25.5 Å². The minimum absolute atomic E-state index is 0.142. The Morgan fingerprint density at radius 1 is 0.889 bits per heavy atom. The zero-order valence-electron chi connectivity index (χ0n) is 20.7. The molecule has 0 saturated carbocycles. The van der Waals surface area contributed by atoms with Gasteiger partial charge in [-0.25, -0.2) is 10.2 Å². The number of esters is 1. The fraction of sp³-hybridized carbons (Fsp3) is 0.250. The van der Waals surface area contributed by atoms with E-state index < -0.39 is 5.97 Å². The zero-order valence-corrected chi connectivity index (χ0v) is 20.7. The third-order valence-electron chi connectivity index (χ3n) is 5.23. The molecule has 0 heterocycles. The monoisotopic (exact) mass is 490 g/mol. The van der Waals surface area contributed by atoms with E-state index >= 15 is 0 Å². The minimum atomic E-state index is -0.528. The molecule has 8 nitrogen and oxygen atoms in total. The quantitative estimate of drug-likeness (QED) is 0.170. The third kappa shape index (κ3) is 7.87. The molecule has 3 aromatic rings. The van der Waals surface area contributed by atoms with Crippen molar-refractivity contribution in [2.24, 2.45) is 5.10 Å². The van der Waals surface area contributed by atoms with Crippen molar-refractivity contribution in [1.29, 1.82) is 0 Å². The molecule has 0 unspecified atom stereocenters. The molecule has 0 fully saturated rings. The summed E-state index contributed by atoms with van der Waals surface area (Å²) in [6.07, 6.45) is 4.82. The topological polar surface area (TPSA) is 95.5 Å². The van der Waals surface area contributed by atoms with Crippen molar-refractivity contribution in [1.82, 2.24) is 5.43 Å². The van der Waals surface area contributed by atoms with Gasteiger partial charge in [-0.15, -0.1) is 0 Å². The number of hydrogen-bond acceptors (Lipinski definition) is 7. The van der Waals surface area contributed by atoms with E-state index in [4.69, 9.17) is 18.9 Å². The first kappa shape index (κ1) is 26.3. The Balaban J connectivity index is 1.45. The van der Waals surface area contributed by atoms with Crippen molar-refractivity contribution in [3.05, 3.63) is 83.4 Å². The highest BCUT2D eigenvalue weighted by Crippen LogP contribution is 2.28. The summed E-state index contributed by atoms with van der Waals surface area (Å²) >= 11 is 0. The Bertz CT molecular complexity index is 1170. The SMILES string of the molecule is CCCCc1ccc(OCC(=O)N/N=C/c2ccc(OC(=O)c3ccc(OC)c(OC)c3)cc2)cc1.